The number of halogens is 3. The first-order chi connectivity index (χ1) is 9.11. The molecule has 0 radical (unpaired) electrons. The van der Waals surface area contributed by atoms with Crippen LogP contribution < -0.4 is 4.74 Å². The predicted octanol–water partition coefficient (Wildman–Crippen LogP) is 3.59. The summed E-state index contributed by atoms with van der Waals surface area (Å²) >= 11 is 0. The number of rotatable bonds is 3. The third kappa shape index (κ3) is 2.07. The minimum absolute atomic E-state index is 0.0229. The molecule has 0 aliphatic heterocycles. The van der Waals surface area contributed by atoms with E-state index < -0.39 is 34.3 Å². The van der Waals surface area contributed by atoms with Crippen LogP contribution in [0.2, 0.25) is 0 Å². The number of ether oxygens (including phenoxy) is 1. The average molecular weight is 266 g/mol. The molecule has 0 unspecified atom stereocenters. The monoisotopic (exact) mass is 266 g/mol. The summed E-state index contributed by atoms with van der Waals surface area (Å²) in [5.41, 5.74) is -1.16. The molecule has 2 rings (SSSR count). The number of carbonyl (C=O) groups excluding carboxylic acids is 1. The van der Waals surface area contributed by atoms with Gasteiger partial charge in [-0.05, 0) is 5.56 Å². The number of benzene rings is 2. The van der Waals surface area contributed by atoms with Crippen molar-refractivity contribution in [3.05, 3.63) is 53.3 Å². The lowest BCUT2D eigenvalue weighted by Gasteiger charge is -2.12. The highest BCUT2D eigenvalue weighted by Gasteiger charge is 2.26. The van der Waals surface area contributed by atoms with Crippen LogP contribution in [0, 0.1) is 17.5 Å². The Bertz CT molecular complexity index is 625. The van der Waals surface area contributed by atoms with Crippen molar-refractivity contribution in [1.82, 2.24) is 0 Å². The van der Waals surface area contributed by atoms with Crippen molar-refractivity contribution in [2.45, 2.75) is 0 Å². The van der Waals surface area contributed by atoms with Gasteiger partial charge in [-0.25, -0.2) is 13.2 Å². The molecule has 2 nitrogen and oxygen atoms in total. The van der Waals surface area contributed by atoms with Gasteiger partial charge in [-0.3, -0.25) is 4.79 Å². The van der Waals surface area contributed by atoms with E-state index in [9.17, 15) is 18.0 Å². The summed E-state index contributed by atoms with van der Waals surface area (Å²) in [5, 5.41) is 0. The summed E-state index contributed by atoms with van der Waals surface area (Å²) in [5.74, 6) is -4.54. The average Bonchev–Trinajstić information content (AvgIpc) is 2.44. The van der Waals surface area contributed by atoms with Crippen molar-refractivity contribution in [2.75, 3.05) is 7.11 Å². The molecule has 0 fully saturated rings. The quantitative estimate of drug-likeness (QED) is 0.627. The van der Waals surface area contributed by atoms with Gasteiger partial charge in [0.2, 0.25) is 0 Å². The second-order valence-electron chi connectivity index (χ2n) is 3.75. The molecule has 0 amide bonds. The molecule has 0 aromatic heterocycles. The maximum absolute atomic E-state index is 14.2. The molecule has 0 spiro atoms. The summed E-state index contributed by atoms with van der Waals surface area (Å²) in [4.78, 5) is 10.7. The Morgan fingerprint density at radius 2 is 1.63 bits per heavy atom. The highest BCUT2D eigenvalue weighted by atomic mass is 19.2. The summed E-state index contributed by atoms with van der Waals surface area (Å²) < 4.78 is 46.4. The molecule has 0 bridgehead atoms. The first-order valence-corrected chi connectivity index (χ1v) is 5.36. The van der Waals surface area contributed by atoms with Crippen molar-refractivity contribution < 1.29 is 22.7 Å². The number of methoxy groups -OCH3 is 1. The van der Waals surface area contributed by atoms with E-state index in [2.05, 4.69) is 4.74 Å². The van der Waals surface area contributed by atoms with Gasteiger partial charge in [-0.2, -0.15) is 0 Å². The first-order valence-electron chi connectivity index (χ1n) is 5.36. The summed E-state index contributed by atoms with van der Waals surface area (Å²) in [7, 11) is 1.08. The lowest BCUT2D eigenvalue weighted by Crippen LogP contribution is -2.05. The van der Waals surface area contributed by atoms with Crippen molar-refractivity contribution in [3.8, 4) is 16.9 Å². The number of carbonyl (C=O) groups is 1. The molecule has 5 heteroatoms. The van der Waals surface area contributed by atoms with Crippen LogP contribution in [0.3, 0.4) is 0 Å². The van der Waals surface area contributed by atoms with Gasteiger partial charge in [0.25, 0.3) is 0 Å². The molecular formula is C14H9F3O2. The van der Waals surface area contributed by atoms with E-state index in [0.717, 1.165) is 7.11 Å². The van der Waals surface area contributed by atoms with Gasteiger partial charge in [-0.1, -0.05) is 30.3 Å². The second kappa shape index (κ2) is 5.14. The van der Waals surface area contributed by atoms with Crippen molar-refractivity contribution in [3.63, 3.8) is 0 Å². The minimum Gasteiger partial charge on any atom is -0.493 e. The van der Waals surface area contributed by atoms with E-state index in [-0.39, 0.29) is 11.8 Å². The smallest absolute Gasteiger partial charge is 0.176 e. The van der Waals surface area contributed by atoms with Crippen LogP contribution in [-0.4, -0.2) is 13.4 Å². The Morgan fingerprint density at radius 1 is 1.00 bits per heavy atom. The fraction of sp³-hybridized carbons (Fsp3) is 0.0714. The van der Waals surface area contributed by atoms with Gasteiger partial charge in [0.05, 0.1) is 18.2 Å². The Hall–Kier alpha value is -2.30. The maximum atomic E-state index is 14.2. The van der Waals surface area contributed by atoms with Gasteiger partial charge in [-0.15, -0.1) is 0 Å². The molecule has 2 aromatic carbocycles. The van der Waals surface area contributed by atoms with E-state index in [1.165, 1.54) is 12.1 Å². The van der Waals surface area contributed by atoms with Crippen LogP contribution in [0.5, 0.6) is 5.75 Å². The molecule has 0 aliphatic rings. The summed E-state index contributed by atoms with van der Waals surface area (Å²) in [6, 6.07) is 7.65. The zero-order valence-corrected chi connectivity index (χ0v) is 9.91. The minimum atomic E-state index is -1.42. The lowest BCUT2D eigenvalue weighted by atomic mass is 10.0. The molecule has 0 heterocycles. The van der Waals surface area contributed by atoms with Crippen LogP contribution in [-0.2, 0) is 0 Å². The third-order valence-electron chi connectivity index (χ3n) is 2.70. The Kier molecular flexibility index (Phi) is 3.55. The van der Waals surface area contributed by atoms with Crippen molar-refractivity contribution >= 4 is 6.29 Å². The Morgan fingerprint density at radius 3 is 2.16 bits per heavy atom. The molecule has 0 N–H and O–H groups in total. The molecule has 0 saturated carbocycles. The topological polar surface area (TPSA) is 26.3 Å². The SMILES string of the molecule is COc1c(F)c(-c2ccccc2)c(F)c(F)c1C=O. The van der Waals surface area contributed by atoms with Crippen LogP contribution >= 0.6 is 0 Å². The molecule has 0 saturated heterocycles. The number of aldehydes is 1. The third-order valence-corrected chi connectivity index (χ3v) is 2.70. The van der Waals surface area contributed by atoms with E-state index >= 15 is 0 Å². The van der Waals surface area contributed by atoms with Gasteiger partial charge >= 0.3 is 0 Å². The largest absolute Gasteiger partial charge is 0.493 e. The van der Waals surface area contributed by atoms with Gasteiger partial charge in [0, 0.05) is 0 Å². The van der Waals surface area contributed by atoms with E-state index in [1.807, 2.05) is 0 Å². The molecule has 98 valence electrons. The Labute approximate surface area is 107 Å². The van der Waals surface area contributed by atoms with Crippen LogP contribution in [0.4, 0.5) is 13.2 Å². The Balaban J connectivity index is 2.83. The van der Waals surface area contributed by atoms with E-state index in [4.69, 9.17) is 0 Å². The van der Waals surface area contributed by atoms with Gasteiger partial charge < -0.3 is 4.74 Å². The molecule has 0 atom stereocenters. The fourth-order valence-corrected chi connectivity index (χ4v) is 1.82. The maximum Gasteiger partial charge on any atom is 0.176 e. The lowest BCUT2D eigenvalue weighted by molar-refractivity contribution is 0.111. The summed E-state index contributed by atoms with van der Waals surface area (Å²) in [6.45, 7) is 0. The zero-order chi connectivity index (χ0) is 14.0. The molecule has 2 aromatic rings. The molecule has 19 heavy (non-hydrogen) atoms. The van der Waals surface area contributed by atoms with Crippen molar-refractivity contribution in [2.24, 2.45) is 0 Å². The standard InChI is InChI=1S/C14H9F3O2/c1-19-14-9(7-18)11(15)12(16)10(13(14)17)8-5-3-2-4-6-8/h2-7H,1H3. The van der Waals surface area contributed by atoms with E-state index in [0.29, 0.717) is 0 Å². The highest BCUT2D eigenvalue weighted by molar-refractivity contribution is 5.83. The number of hydrogen-bond acceptors (Lipinski definition) is 2. The molecular weight excluding hydrogens is 257 g/mol. The fourth-order valence-electron chi connectivity index (χ4n) is 1.82. The van der Waals surface area contributed by atoms with Gasteiger partial charge in [0.15, 0.2) is 29.5 Å². The first kappa shape index (κ1) is 13.1. The normalized spacial score (nSPS) is 10.3. The second-order valence-corrected chi connectivity index (χ2v) is 3.75. The van der Waals surface area contributed by atoms with Gasteiger partial charge in [0.1, 0.15) is 0 Å². The van der Waals surface area contributed by atoms with Crippen molar-refractivity contribution in [1.29, 1.82) is 0 Å². The molecule has 0 aliphatic carbocycles. The number of hydrogen-bond donors (Lipinski definition) is 0. The highest BCUT2D eigenvalue weighted by Crippen LogP contribution is 2.36. The zero-order valence-electron chi connectivity index (χ0n) is 9.91. The van der Waals surface area contributed by atoms with Crippen LogP contribution in [0.15, 0.2) is 30.3 Å². The van der Waals surface area contributed by atoms with Crippen LogP contribution in [0.1, 0.15) is 10.4 Å². The predicted molar refractivity (Wildman–Crippen MR) is 63.7 cm³/mol. The van der Waals surface area contributed by atoms with Crippen LogP contribution in [0.25, 0.3) is 11.1 Å². The van der Waals surface area contributed by atoms with E-state index in [1.54, 1.807) is 18.2 Å². The summed E-state index contributed by atoms with van der Waals surface area (Å²) in [6.07, 6.45) is 0.0229.